The minimum Gasteiger partial charge on any atom is -0.354 e. The van der Waals surface area contributed by atoms with Crippen LogP contribution in [-0.2, 0) is 4.79 Å². The summed E-state index contributed by atoms with van der Waals surface area (Å²) in [7, 11) is 0. The maximum atomic E-state index is 11.4. The molecule has 0 saturated heterocycles. The Kier molecular flexibility index (Phi) is 5.49. The van der Waals surface area contributed by atoms with Crippen molar-refractivity contribution in [3.8, 4) is 0 Å². The zero-order valence-corrected chi connectivity index (χ0v) is 10.9. The highest BCUT2D eigenvalue weighted by Crippen LogP contribution is 2.17. The number of carbonyl (C=O) groups is 1. The van der Waals surface area contributed by atoms with Crippen LogP contribution in [0, 0.1) is 0 Å². The van der Waals surface area contributed by atoms with Crippen LogP contribution in [0.3, 0.4) is 0 Å². The molecular formula is C12H20N2OS. The van der Waals surface area contributed by atoms with Crippen molar-refractivity contribution in [3.63, 3.8) is 0 Å². The topological polar surface area (TPSA) is 41.1 Å². The van der Waals surface area contributed by atoms with Crippen LogP contribution < -0.4 is 10.6 Å². The van der Waals surface area contributed by atoms with Gasteiger partial charge < -0.3 is 10.6 Å². The standard InChI is InChI=1S/C12H20N2OS/c1-9(2)14-12(15)6-7-13-10(3)11-5-4-8-16-11/h4-5,8-10,13H,6-7H2,1-3H3,(H,14,15)/t10-/m0/s1. The summed E-state index contributed by atoms with van der Waals surface area (Å²) < 4.78 is 0. The van der Waals surface area contributed by atoms with Gasteiger partial charge in [0.25, 0.3) is 0 Å². The van der Waals surface area contributed by atoms with E-state index in [4.69, 9.17) is 0 Å². The first-order chi connectivity index (χ1) is 7.59. The number of hydrogen-bond acceptors (Lipinski definition) is 3. The number of amides is 1. The van der Waals surface area contributed by atoms with Gasteiger partial charge in [-0.1, -0.05) is 6.07 Å². The average molecular weight is 240 g/mol. The Morgan fingerprint density at radius 1 is 1.44 bits per heavy atom. The molecule has 0 bridgehead atoms. The van der Waals surface area contributed by atoms with Gasteiger partial charge in [0.1, 0.15) is 0 Å². The van der Waals surface area contributed by atoms with Crippen LogP contribution in [-0.4, -0.2) is 18.5 Å². The first-order valence-electron chi connectivity index (χ1n) is 5.65. The molecule has 0 aliphatic heterocycles. The van der Waals surface area contributed by atoms with Gasteiger partial charge in [0.15, 0.2) is 0 Å². The van der Waals surface area contributed by atoms with Gasteiger partial charge in [-0.05, 0) is 32.2 Å². The second-order valence-electron chi connectivity index (χ2n) is 4.16. The van der Waals surface area contributed by atoms with Crippen molar-refractivity contribution in [2.24, 2.45) is 0 Å². The van der Waals surface area contributed by atoms with Crippen molar-refractivity contribution >= 4 is 17.2 Å². The number of carbonyl (C=O) groups excluding carboxylic acids is 1. The molecule has 0 aliphatic rings. The molecule has 1 aromatic heterocycles. The van der Waals surface area contributed by atoms with Gasteiger partial charge in [0, 0.05) is 29.9 Å². The van der Waals surface area contributed by atoms with Crippen LogP contribution in [0.15, 0.2) is 17.5 Å². The summed E-state index contributed by atoms with van der Waals surface area (Å²) in [5, 5.41) is 8.28. The summed E-state index contributed by atoms with van der Waals surface area (Å²) in [4.78, 5) is 12.7. The van der Waals surface area contributed by atoms with Crippen molar-refractivity contribution in [2.75, 3.05) is 6.54 Å². The van der Waals surface area contributed by atoms with Crippen LogP contribution in [0.4, 0.5) is 0 Å². The lowest BCUT2D eigenvalue weighted by Crippen LogP contribution is -2.33. The van der Waals surface area contributed by atoms with Crippen LogP contribution in [0.5, 0.6) is 0 Å². The Labute approximate surface area is 101 Å². The Balaban J connectivity index is 2.18. The molecule has 0 fully saturated rings. The molecule has 0 radical (unpaired) electrons. The summed E-state index contributed by atoms with van der Waals surface area (Å²) in [6, 6.07) is 4.70. The minimum atomic E-state index is 0.112. The van der Waals surface area contributed by atoms with Crippen molar-refractivity contribution in [1.29, 1.82) is 0 Å². The minimum absolute atomic E-state index is 0.112. The monoisotopic (exact) mass is 240 g/mol. The van der Waals surface area contributed by atoms with E-state index in [1.54, 1.807) is 11.3 Å². The molecule has 0 unspecified atom stereocenters. The van der Waals surface area contributed by atoms with E-state index >= 15 is 0 Å². The molecule has 0 spiro atoms. The molecule has 1 atom stereocenters. The SMILES string of the molecule is CC(C)NC(=O)CCN[C@@H](C)c1cccs1. The smallest absolute Gasteiger partial charge is 0.221 e. The third-order valence-corrected chi connectivity index (χ3v) is 3.28. The highest BCUT2D eigenvalue weighted by atomic mass is 32.1. The first kappa shape index (κ1) is 13.2. The van der Waals surface area contributed by atoms with Crippen LogP contribution in [0.1, 0.15) is 38.1 Å². The predicted molar refractivity (Wildman–Crippen MR) is 68.6 cm³/mol. The fraction of sp³-hybridized carbons (Fsp3) is 0.583. The Morgan fingerprint density at radius 3 is 2.75 bits per heavy atom. The Morgan fingerprint density at radius 2 is 2.19 bits per heavy atom. The summed E-state index contributed by atoms with van der Waals surface area (Å²) in [6.07, 6.45) is 0.536. The molecule has 1 heterocycles. The summed E-state index contributed by atoms with van der Waals surface area (Å²) >= 11 is 1.74. The largest absolute Gasteiger partial charge is 0.354 e. The Bertz CT molecular complexity index is 309. The molecular weight excluding hydrogens is 220 g/mol. The molecule has 1 aromatic rings. The number of rotatable bonds is 6. The van der Waals surface area contributed by atoms with E-state index in [9.17, 15) is 4.79 Å². The highest BCUT2D eigenvalue weighted by Gasteiger charge is 2.07. The predicted octanol–water partition coefficient (Wildman–Crippen LogP) is 2.31. The van der Waals surface area contributed by atoms with Gasteiger partial charge in [-0.15, -0.1) is 11.3 Å². The van der Waals surface area contributed by atoms with E-state index < -0.39 is 0 Å². The molecule has 1 amide bonds. The first-order valence-corrected chi connectivity index (χ1v) is 6.53. The maximum absolute atomic E-state index is 11.4. The second kappa shape index (κ2) is 6.66. The van der Waals surface area contributed by atoms with E-state index in [-0.39, 0.29) is 11.9 Å². The molecule has 0 aromatic carbocycles. The Hall–Kier alpha value is -0.870. The summed E-state index contributed by atoms with van der Waals surface area (Å²) in [6.45, 7) is 6.78. The highest BCUT2D eigenvalue weighted by molar-refractivity contribution is 7.10. The molecule has 0 aliphatic carbocycles. The molecule has 0 saturated carbocycles. The molecule has 16 heavy (non-hydrogen) atoms. The van der Waals surface area contributed by atoms with Crippen LogP contribution in [0.25, 0.3) is 0 Å². The van der Waals surface area contributed by atoms with Crippen molar-refractivity contribution in [2.45, 2.75) is 39.3 Å². The van der Waals surface area contributed by atoms with Gasteiger partial charge in [0.05, 0.1) is 0 Å². The van der Waals surface area contributed by atoms with Gasteiger partial charge in [-0.25, -0.2) is 0 Å². The van der Waals surface area contributed by atoms with Crippen molar-refractivity contribution < 1.29 is 4.79 Å². The lowest BCUT2D eigenvalue weighted by Gasteiger charge is -2.12. The van der Waals surface area contributed by atoms with E-state index in [1.165, 1.54) is 4.88 Å². The van der Waals surface area contributed by atoms with E-state index in [0.717, 1.165) is 6.54 Å². The quantitative estimate of drug-likeness (QED) is 0.801. The van der Waals surface area contributed by atoms with E-state index in [2.05, 4.69) is 29.0 Å². The van der Waals surface area contributed by atoms with Gasteiger partial charge in [0.2, 0.25) is 5.91 Å². The number of thiophene rings is 1. The van der Waals surface area contributed by atoms with E-state index in [1.807, 2.05) is 19.9 Å². The summed E-state index contributed by atoms with van der Waals surface area (Å²) in [5.74, 6) is 0.112. The van der Waals surface area contributed by atoms with Crippen LogP contribution in [0.2, 0.25) is 0 Å². The lowest BCUT2D eigenvalue weighted by atomic mass is 10.2. The molecule has 1 rings (SSSR count). The average Bonchev–Trinajstić information content (AvgIpc) is 2.68. The van der Waals surface area contributed by atoms with Crippen molar-refractivity contribution in [1.82, 2.24) is 10.6 Å². The fourth-order valence-electron chi connectivity index (χ4n) is 1.43. The molecule has 4 heteroatoms. The van der Waals surface area contributed by atoms with E-state index in [0.29, 0.717) is 12.5 Å². The number of hydrogen-bond donors (Lipinski definition) is 2. The fourth-order valence-corrected chi connectivity index (χ4v) is 2.19. The zero-order chi connectivity index (χ0) is 12.0. The third kappa shape index (κ3) is 4.77. The zero-order valence-electron chi connectivity index (χ0n) is 10.1. The van der Waals surface area contributed by atoms with Crippen molar-refractivity contribution in [3.05, 3.63) is 22.4 Å². The molecule has 2 N–H and O–H groups in total. The molecule has 90 valence electrons. The van der Waals surface area contributed by atoms with Gasteiger partial charge >= 0.3 is 0 Å². The molecule has 3 nitrogen and oxygen atoms in total. The maximum Gasteiger partial charge on any atom is 0.221 e. The lowest BCUT2D eigenvalue weighted by molar-refractivity contribution is -0.121. The third-order valence-electron chi connectivity index (χ3n) is 2.22. The van der Waals surface area contributed by atoms with Gasteiger partial charge in [-0.3, -0.25) is 4.79 Å². The normalized spacial score (nSPS) is 12.8. The van der Waals surface area contributed by atoms with Crippen LogP contribution >= 0.6 is 11.3 Å². The van der Waals surface area contributed by atoms with Gasteiger partial charge in [-0.2, -0.15) is 0 Å². The summed E-state index contributed by atoms with van der Waals surface area (Å²) in [5.41, 5.74) is 0. The second-order valence-corrected chi connectivity index (χ2v) is 5.14. The number of nitrogens with one attached hydrogen (secondary N) is 2.